The van der Waals surface area contributed by atoms with Crippen LogP contribution in [0.15, 0.2) is 33.6 Å². The summed E-state index contributed by atoms with van der Waals surface area (Å²) in [6.07, 6.45) is 2.40. The summed E-state index contributed by atoms with van der Waals surface area (Å²) in [7, 11) is -3.79. The summed E-state index contributed by atoms with van der Waals surface area (Å²) in [5.74, 6) is 0.633. The first-order valence-electron chi connectivity index (χ1n) is 8.35. The van der Waals surface area contributed by atoms with E-state index in [1.807, 2.05) is 0 Å². The van der Waals surface area contributed by atoms with Crippen LogP contribution in [0.5, 0.6) is 0 Å². The van der Waals surface area contributed by atoms with Crippen molar-refractivity contribution in [3.05, 3.63) is 44.7 Å². The van der Waals surface area contributed by atoms with E-state index in [1.165, 1.54) is 41.2 Å². The third-order valence-corrected chi connectivity index (χ3v) is 7.49. The van der Waals surface area contributed by atoms with Crippen LogP contribution in [0.3, 0.4) is 0 Å². The van der Waals surface area contributed by atoms with Gasteiger partial charge in [-0.2, -0.15) is 8.42 Å². The molecule has 1 aliphatic rings. The summed E-state index contributed by atoms with van der Waals surface area (Å²) in [6.45, 7) is 9.32. The topological polar surface area (TPSA) is 51.4 Å². The number of hydrogen-bond acceptors (Lipinski definition) is 3. The molecular weight excluding hydrogens is 376 g/mol. The molecule has 0 saturated heterocycles. The highest BCUT2D eigenvalue weighted by Crippen LogP contribution is 2.33. The van der Waals surface area contributed by atoms with E-state index in [4.69, 9.17) is 11.6 Å². The van der Waals surface area contributed by atoms with Crippen molar-refractivity contribution in [2.45, 2.75) is 57.4 Å². The molecule has 0 N–H and O–H groups in total. The number of thiazole rings is 1. The van der Waals surface area contributed by atoms with Gasteiger partial charge in [-0.3, -0.25) is 0 Å². The molecule has 2 aromatic rings. The van der Waals surface area contributed by atoms with E-state index in [0.29, 0.717) is 15.7 Å². The van der Waals surface area contributed by atoms with E-state index in [-0.39, 0.29) is 10.3 Å². The zero-order valence-electron chi connectivity index (χ0n) is 14.9. The number of hydrogen-bond donors (Lipinski definition) is 0. The number of aromatic nitrogens is 1. The summed E-state index contributed by atoms with van der Waals surface area (Å²) in [5.41, 5.74) is 1.07. The highest BCUT2D eigenvalue weighted by Gasteiger charge is 2.27. The van der Waals surface area contributed by atoms with Gasteiger partial charge < -0.3 is 4.57 Å². The van der Waals surface area contributed by atoms with Crippen LogP contribution in [-0.2, 0) is 22.0 Å². The van der Waals surface area contributed by atoms with E-state index >= 15 is 0 Å². The molecule has 0 radical (unpaired) electrons. The molecule has 1 fully saturated rings. The number of rotatable bonds is 4. The Bertz CT molecular complexity index is 962. The smallest absolute Gasteiger partial charge is 0.285 e. The monoisotopic (exact) mass is 398 g/mol. The molecule has 0 amide bonds. The fraction of sp³-hybridized carbons (Fsp3) is 0.500. The van der Waals surface area contributed by atoms with Crippen molar-refractivity contribution >= 4 is 33.0 Å². The van der Waals surface area contributed by atoms with E-state index in [9.17, 15) is 8.42 Å². The Hall–Kier alpha value is -1.11. The molecule has 1 saturated carbocycles. The van der Waals surface area contributed by atoms with Gasteiger partial charge in [-0.1, -0.05) is 38.4 Å². The molecule has 3 rings (SSSR count). The summed E-state index contributed by atoms with van der Waals surface area (Å²) < 4.78 is 31.7. The summed E-state index contributed by atoms with van der Waals surface area (Å²) >= 11 is 7.42. The normalized spacial score (nSPS) is 16.4. The highest BCUT2D eigenvalue weighted by atomic mass is 35.5. The van der Waals surface area contributed by atoms with Gasteiger partial charge in [-0.15, -0.1) is 15.7 Å². The number of benzene rings is 1. The molecule has 25 heavy (non-hydrogen) atoms. The first-order valence-corrected chi connectivity index (χ1v) is 11.0. The van der Waals surface area contributed by atoms with Crippen LogP contribution in [0.4, 0.5) is 0 Å². The van der Waals surface area contributed by atoms with Crippen molar-refractivity contribution < 1.29 is 8.42 Å². The molecule has 1 aromatic carbocycles. The maximum Gasteiger partial charge on any atom is 0.285 e. The lowest BCUT2D eigenvalue weighted by Crippen LogP contribution is -2.20. The standard InChI is InChI=1S/C18H23ClN2O2S2/c1-12-16(18(2,3)4)24-17(21(12)11-13-8-9-13)20-25(22,23)15-7-5-6-14(19)10-15/h5-7,10,13H,8-9,11H2,1-4H3/b20-17-. The molecule has 1 heterocycles. The zero-order chi connectivity index (χ0) is 18.4. The number of sulfonamides is 1. The van der Waals surface area contributed by atoms with Crippen LogP contribution in [0.2, 0.25) is 5.02 Å². The summed E-state index contributed by atoms with van der Waals surface area (Å²) in [6, 6.07) is 6.25. The fourth-order valence-electron chi connectivity index (χ4n) is 2.81. The van der Waals surface area contributed by atoms with Gasteiger partial charge in [0.1, 0.15) is 0 Å². The van der Waals surface area contributed by atoms with Crippen LogP contribution >= 0.6 is 22.9 Å². The molecular formula is C18H23ClN2O2S2. The Kier molecular flexibility index (Phi) is 4.90. The molecule has 0 spiro atoms. The van der Waals surface area contributed by atoms with Crippen LogP contribution in [0.25, 0.3) is 0 Å². The Balaban J connectivity index is 2.16. The van der Waals surface area contributed by atoms with Gasteiger partial charge in [0.25, 0.3) is 10.0 Å². The number of nitrogens with zero attached hydrogens (tertiary/aromatic N) is 2. The highest BCUT2D eigenvalue weighted by molar-refractivity contribution is 7.90. The van der Waals surface area contributed by atoms with Gasteiger partial charge in [0.05, 0.1) is 4.90 Å². The van der Waals surface area contributed by atoms with Crippen molar-refractivity contribution in [3.63, 3.8) is 0 Å². The molecule has 1 aliphatic carbocycles. The average molecular weight is 399 g/mol. The lowest BCUT2D eigenvalue weighted by molar-refractivity contribution is 0.562. The van der Waals surface area contributed by atoms with Crippen LogP contribution in [0.1, 0.15) is 44.2 Å². The van der Waals surface area contributed by atoms with Gasteiger partial charge in [0.2, 0.25) is 4.80 Å². The Labute approximate surface area is 158 Å². The zero-order valence-corrected chi connectivity index (χ0v) is 17.3. The molecule has 1 aromatic heterocycles. The first kappa shape index (κ1) is 18.7. The molecule has 0 bridgehead atoms. The summed E-state index contributed by atoms with van der Waals surface area (Å²) in [4.78, 5) is 1.85. The minimum Gasteiger partial charge on any atom is -0.320 e. The first-order chi connectivity index (χ1) is 11.6. The molecule has 7 heteroatoms. The minimum absolute atomic E-state index is 0.0480. The maximum atomic E-state index is 12.7. The van der Waals surface area contributed by atoms with Crippen LogP contribution in [-0.4, -0.2) is 13.0 Å². The van der Waals surface area contributed by atoms with Crippen molar-refractivity contribution in [3.8, 4) is 0 Å². The third-order valence-electron chi connectivity index (χ3n) is 4.27. The predicted octanol–water partition coefficient (Wildman–Crippen LogP) is 4.51. The fourth-order valence-corrected chi connectivity index (χ4v) is 5.51. The molecule has 136 valence electrons. The molecule has 4 nitrogen and oxygen atoms in total. The van der Waals surface area contributed by atoms with Crippen molar-refractivity contribution in [2.24, 2.45) is 10.3 Å². The van der Waals surface area contributed by atoms with E-state index in [1.54, 1.807) is 12.1 Å². The Morgan fingerprint density at radius 3 is 2.56 bits per heavy atom. The summed E-state index contributed by atoms with van der Waals surface area (Å²) in [5, 5.41) is 0.389. The average Bonchev–Trinajstić information content (AvgIpc) is 3.26. The van der Waals surface area contributed by atoms with E-state index in [2.05, 4.69) is 36.7 Å². The molecule has 0 unspecified atom stereocenters. The minimum atomic E-state index is -3.79. The van der Waals surface area contributed by atoms with E-state index < -0.39 is 10.0 Å². The van der Waals surface area contributed by atoms with Crippen molar-refractivity contribution in [1.29, 1.82) is 0 Å². The second kappa shape index (κ2) is 6.56. The van der Waals surface area contributed by atoms with Crippen molar-refractivity contribution in [1.82, 2.24) is 4.57 Å². The quantitative estimate of drug-likeness (QED) is 0.760. The second-order valence-electron chi connectivity index (χ2n) is 7.63. The van der Waals surface area contributed by atoms with E-state index in [0.717, 1.165) is 12.2 Å². The van der Waals surface area contributed by atoms with Crippen molar-refractivity contribution in [2.75, 3.05) is 0 Å². The lowest BCUT2D eigenvalue weighted by Gasteiger charge is -2.17. The maximum absolute atomic E-state index is 12.7. The van der Waals surface area contributed by atoms with Gasteiger partial charge in [-0.05, 0) is 49.3 Å². The SMILES string of the molecule is Cc1c(C(C)(C)C)s/c(=N\S(=O)(=O)c2cccc(Cl)c2)n1CC1CC1. The van der Waals surface area contributed by atoms with Crippen LogP contribution < -0.4 is 4.80 Å². The molecule has 0 atom stereocenters. The number of halogens is 1. The van der Waals surface area contributed by atoms with Gasteiger partial charge in [0.15, 0.2) is 0 Å². The van der Waals surface area contributed by atoms with Gasteiger partial charge in [0, 0.05) is 22.1 Å². The Morgan fingerprint density at radius 1 is 1.32 bits per heavy atom. The van der Waals surface area contributed by atoms with Gasteiger partial charge >= 0.3 is 0 Å². The third kappa shape index (κ3) is 4.18. The second-order valence-corrected chi connectivity index (χ2v) is 10.6. The predicted molar refractivity (Wildman–Crippen MR) is 103 cm³/mol. The van der Waals surface area contributed by atoms with Gasteiger partial charge in [-0.25, -0.2) is 0 Å². The van der Waals surface area contributed by atoms with Crippen LogP contribution in [0, 0.1) is 12.8 Å². The lowest BCUT2D eigenvalue weighted by atomic mass is 9.93. The largest absolute Gasteiger partial charge is 0.320 e. The Morgan fingerprint density at radius 2 is 2.00 bits per heavy atom. The molecule has 0 aliphatic heterocycles.